The van der Waals surface area contributed by atoms with Crippen LogP contribution in [-0.4, -0.2) is 48.7 Å². The van der Waals surface area contributed by atoms with Crippen LogP contribution in [0.2, 0.25) is 0 Å². The van der Waals surface area contributed by atoms with Crippen molar-refractivity contribution in [1.82, 2.24) is 19.6 Å². The molecule has 0 spiro atoms. The third-order valence-corrected chi connectivity index (χ3v) is 7.71. The summed E-state index contributed by atoms with van der Waals surface area (Å²) in [5.74, 6) is 0.0768. The molecule has 0 amide bonds. The van der Waals surface area contributed by atoms with Crippen molar-refractivity contribution in [2.24, 2.45) is 5.92 Å². The fourth-order valence-corrected chi connectivity index (χ4v) is 5.75. The van der Waals surface area contributed by atoms with Gasteiger partial charge in [-0.15, -0.1) is 0 Å². The number of rotatable bonds is 7. The number of alkyl halides is 2. The molecule has 1 fully saturated rings. The SMILES string of the molecule is N#CC1=C(c2ncc(S(=O)(=O)NC(CF)CF)cn2)N(C2CCCC2)C2=CC(Cl)=CCC21. The number of hydrogen-bond acceptors (Lipinski definition) is 6. The predicted molar refractivity (Wildman–Crippen MR) is 115 cm³/mol. The first-order valence-corrected chi connectivity index (χ1v) is 12.2. The van der Waals surface area contributed by atoms with Gasteiger partial charge in [-0.05, 0) is 25.3 Å². The maximum atomic E-state index is 12.8. The molecule has 1 unspecified atom stereocenters. The van der Waals surface area contributed by atoms with E-state index >= 15 is 0 Å². The lowest BCUT2D eigenvalue weighted by Gasteiger charge is -2.32. The number of allylic oxidation sites excluding steroid dienone is 4. The van der Waals surface area contributed by atoms with Crippen molar-refractivity contribution in [3.05, 3.63) is 46.7 Å². The Bertz CT molecular complexity index is 1120. The summed E-state index contributed by atoms with van der Waals surface area (Å²) in [4.78, 5) is 10.3. The number of nitriles is 1. The Morgan fingerprint density at radius 3 is 2.50 bits per heavy atom. The van der Waals surface area contributed by atoms with Gasteiger partial charge in [-0.1, -0.05) is 30.5 Å². The molecule has 0 saturated heterocycles. The molecule has 32 heavy (non-hydrogen) atoms. The highest BCUT2D eigenvalue weighted by Gasteiger charge is 2.43. The molecule has 3 aliphatic rings. The van der Waals surface area contributed by atoms with Crippen LogP contribution in [0.3, 0.4) is 0 Å². The van der Waals surface area contributed by atoms with E-state index in [9.17, 15) is 22.5 Å². The minimum atomic E-state index is -4.19. The molecular formula is C21H22ClF2N5O2S. The summed E-state index contributed by atoms with van der Waals surface area (Å²) in [6, 6.07) is 1.01. The third-order valence-electron chi connectivity index (χ3n) is 5.97. The largest absolute Gasteiger partial charge is 0.337 e. The maximum absolute atomic E-state index is 12.8. The third kappa shape index (κ3) is 4.17. The Morgan fingerprint density at radius 1 is 1.25 bits per heavy atom. The minimum Gasteiger partial charge on any atom is -0.337 e. The minimum absolute atomic E-state index is 0.151. The summed E-state index contributed by atoms with van der Waals surface area (Å²) in [6.07, 6.45) is 10.6. The van der Waals surface area contributed by atoms with Crippen molar-refractivity contribution in [1.29, 1.82) is 5.26 Å². The van der Waals surface area contributed by atoms with Gasteiger partial charge in [0.05, 0.1) is 30.1 Å². The lowest BCUT2D eigenvalue weighted by molar-refractivity contribution is 0.334. The van der Waals surface area contributed by atoms with E-state index in [1.165, 1.54) is 0 Å². The van der Waals surface area contributed by atoms with Crippen molar-refractivity contribution in [3.8, 4) is 6.07 Å². The molecular weight excluding hydrogens is 460 g/mol. The normalized spacial score (nSPS) is 21.6. The highest BCUT2D eigenvalue weighted by molar-refractivity contribution is 7.89. The number of aromatic nitrogens is 2. The highest BCUT2D eigenvalue weighted by atomic mass is 35.5. The van der Waals surface area contributed by atoms with Crippen molar-refractivity contribution in [2.45, 2.75) is 49.1 Å². The van der Waals surface area contributed by atoms with Gasteiger partial charge >= 0.3 is 0 Å². The number of nitrogens with one attached hydrogen (secondary N) is 1. The average Bonchev–Trinajstić information content (AvgIpc) is 3.42. The molecule has 1 atom stereocenters. The van der Waals surface area contributed by atoms with Crippen LogP contribution in [0.25, 0.3) is 5.70 Å². The quantitative estimate of drug-likeness (QED) is 0.639. The first-order chi connectivity index (χ1) is 15.4. The summed E-state index contributed by atoms with van der Waals surface area (Å²) in [6.45, 7) is -2.34. The zero-order valence-corrected chi connectivity index (χ0v) is 18.7. The van der Waals surface area contributed by atoms with E-state index in [0.717, 1.165) is 43.8 Å². The van der Waals surface area contributed by atoms with Crippen LogP contribution >= 0.6 is 11.6 Å². The second-order valence-electron chi connectivity index (χ2n) is 8.00. The average molecular weight is 482 g/mol. The van der Waals surface area contributed by atoms with Gasteiger partial charge in [-0.3, -0.25) is 0 Å². The summed E-state index contributed by atoms with van der Waals surface area (Å²) in [7, 11) is -4.19. The van der Waals surface area contributed by atoms with Gasteiger partial charge in [-0.2, -0.15) is 5.26 Å². The molecule has 7 nitrogen and oxygen atoms in total. The highest BCUT2D eigenvalue weighted by Crippen LogP contribution is 2.48. The number of sulfonamides is 1. The van der Waals surface area contributed by atoms with E-state index in [-0.39, 0.29) is 22.7 Å². The van der Waals surface area contributed by atoms with Gasteiger partial charge in [0, 0.05) is 22.7 Å². The van der Waals surface area contributed by atoms with Crippen molar-refractivity contribution in [3.63, 3.8) is 0 Å². The Balaban J connectivity index is 1.72. The molecule has 2 aliphatic carbocycles. The molecule has 1 N–H and O–H groups in total. The first-order valence-electron chi connectivity index (χ1n) is 10.4. The molecule has 2 heterocycles. The fraction of sp³-hybridized carbons (Fsp3) is 0.476. The van der Waals surface area contributed by atoms with Crippen LogP contribution < -0.4 is 4.72 Å². The van der Waals surface area contributed by atoms with E-state index < -0.39 is 29.4 Å². The summed E-state index contributed by atoms with van der Waals surface area (Å²) in [5.41, 5.74) is 2.02. The topological polar surface area (TPSA) is 99.0 Å². The fourth-order valence-electron chi connectivity index (χ4n) is 4.46. The van der Waals surface area contributed by atoms with Gasteiger partial charge < -0.3 is 4.90 Å². The van der Waals surface area contributed by atoms with E-state index in [2.05, 4.69) is 20.9 Å². The number of fused-ring (bicyclic) bond motifs is 1. The summed E-state index contributed by atoms with van der Waals surface area (Å²) < 4.78 is 52.3. The first kappa shape index (κ1) is 22.8. The molecule has 1 aromatic rings. The number of nitrogens with zero attached hydrogens (tertiary/aromatic N) is 4. The van der Waals surface area contributed by atoms with Gasteiger partial charge in [0.25, 0.3) is 0 Å². The zero-order valence-electron chi connectivity index (χ0n) is 17.1. The van der Waals surface area contributed by atoms with Crippen LogP contribution in [0.5, 0.6) is 0 Å². The number of halogens is 3. The Labute approximate surface area is 190 Å². The molecule has 0 bridgehead atoms. The Hall–Kier alpha value is -2.35. The van der Waals surface area contributed by atoms with Crippen LogP contribution in [0.1, 0.15) is 37.9 Å². The number of hydrogen-bond donors (Lipinski definition) is 1. The molecule has 1 aromatic heterocycles. The monoisotopic (exact) mass is 481 g/mol. The lowest BCUT2D eigenvalue weighted by Crippen LogP contribution is -2.38. The van der Waals surface area contributed by atoms with Gasteiger partial charge in [0.2, 0.25) is 10.0 Å². The molecule has 0 aromatic carbocycles. The van der Waals surface area contributed by atoms with Crippen LogP contribution in [0.4, 0.5) is 8.78 Å². The van der Waals surface area contributed by atoms with Gasteiger partial charge in [0.1, 0.15) is 23.9 Å². The van der Waals surface area contributed by atoms with E-state index in [1.54, 1.807) is 0 Å². The molecule has 11 heteroatoms. The zero-order chi connectivity index (χ0) is 22.9. The molecule has 1 aliphatic heterocycles. The predicted octanol–water partition coefficient (Wildman–Crippen LogP) is 3.58. The van der Waals surface area contributed by atoms with Gasteiger partial charge in [0.15, 0.2) is 5.82 Å². The molecule has 4 rings (SSSR count). The summed E-state index contributed by atoms with van der Waals surface area (Å²) >= 11 is 6.27. The molecule has 0 radical (unpaired) electrons. The second kappa shape index (κ2) is 9.25. The maximum Gasteiger partial charge on any atom is 0.244 e. The standard InChI is InChI=1S/C21H22ClF2N5O2S/c22-13-5-6-17-18(10-25)20(29(19(17)7-13)15-3-1-2-4-15)21-26-11-16(12-27-21)32(30,31)28-14(8-23)9-24/h5,7,11-12,14-15,17,28H,1-4,6,8-9H2. The smallest absolute Gasteiger partial charge is 0.244 e. The van der Waals surface area contributed by atoms with Gasteiger partial charge in [-0.25, -0.2) is 31.9 Å². The van der Waals surface area contributed by atoms with E-state index in [4.69, 9.17) is 11.6 Å². The lowest BCUT2D eigenvalue weighted by atomic mass is 9.91. The Morgan fingerprint density at radius 2 is 1.91 bits per heavy atom. The second-order valence-corrected chi connectivity index (χ2v) is 10.1. The van der Waals surface area contributed by atoms with Crippen LogP contribution in [0, 0.1) is 17.2 Å². The molecule has 170 valence electrons. The summed E-state index contributed by atoms with van der Waals surface area (Å²) in [5, 5.41) is 10.6. The Kier molecular flexibility index (Phi) is 6.60. The van der Waals surface area contributed by atoms with Crippen LogP contribution in [-0.2, 0) is 10.0 Å². The van der Waals surface area contributed by atoms with Crippen molar-refractivity contribution >= 4 is 27.3 Å². The van der Waals surface area contributed by atoms with Crippen LogP contribution in [0.15, 0.2) is 45.7 Å². The molecule has 1 saturated carbocycles. The van der Waals surface area contributed by atoms with Crippen molar-refractivity contribution < 1.29 is 17.2 Å². The van der Waals surface area contributed by atoms with Crippen molar-refractivity contribution in [2.75, 3.05) is 13.3 Å². The van der Waals surface area contributed by atoms with E-state index in [0.29, 0.717) is 22.7 Å². The van der Waals surface area contributed by atoms with E-state index in [1.807, 2.05) is 16.9 Å².